The maximum atomic E-state index is 11.7. The van der Waals surface area contributed by atoms with Gasteiger partial charge < -0.3 is 15.7 Å². The highest BCUT2D eigenvalue weighted by atomic mass is 79.9. The zero-order valence-electron chi connectivity index (χ0n) is 10.8. The van der Waals surface area contributed by atoms with Crippen LogP contribution in [-0.2, 0) is 4.79 Å². The molecule has 19 heavy (non-hydrogen) atoms. The summed E-state index contributed by atoms with van der Waals surface area (Å²) < 4.78 is 0.904. The van der Waals surface area contributed by atoms with Gasteiger partial charge in [0.2, 0.25) is 0 Å². The minimum atomic E-state index is -1.03. The average Bonchev–Trinajstić information content (AvgIpc) is 2.30. The Hall–Kier alpha value is -1.56. The fourth-order valence-electron chi connectivity index (χ4n) is 1.55. The van der Waals surface area contributed by atoms with Crippen molar-refractivity contribution in [2.75, 3.05) is 5.32 Å². The molecule has 1 atom stereocenters. The molecule has 0 bridgehead atoms. The Labute approximate surface area is 120 Å². The number of benzene rings is 1. The van der Waals surface area contributed by atoms with E-state index in [1.165, 1.54) is 0 Å². The molecule has 1 unspecified atom stereocenters. The molecule has 0 aromatic heterocycles. The fourth-order valence-corrected chi connectivity index (χ4v) is 1.82. The van der Waals surface area contributed by atoms with Crippen molar-refractivity contribution in [3.8, 4) is 0 Å². The molecule has 1 rings (SSSR count). The summed E-state index contributed by atoms with van der Waals surface area (Å²) in [7, 11) is 0. The quantitative estimate of drug-likeness (QED) is 0.777. The summed E-state index contributed by atoms with van der Waals surface area (Å²) in [5.41, 5.74) is 0.606. The third kappa shape index (κ3) is 5.74. The van der Waals surface area contributed by atoms with Crippen molar-refractivity contribution in [1.29, 1.82) is 0 Å². The van der Waals surface area contributed by atoms with Crippen LogP contribution in [0.2, 0.25) is 0 Å². The zero-order valence-corrected chi connectivity index (χ0v) is 12.4. The van der Waals surface area contributed by atoms with Crippen molar-refractivity contribution in [1.82, 2.24) is 5.32 Å². The molecule has 0 saturated carbocycles. The number of carboxylic acid groups (broad SMARTS) is 1. The van der Waals surface area contributed by atoms with Gasteiger partial charge >= 0.3 is 12.0 Å². The number of hydrogen-bond donors (Lipinski definition) is 3. The van der Waals surface area contributed by atoms with Gasteiger partial charge in [-0.3, -0.25) is 0 Å². The molecule has 2 amide bonds. The van der Waals surface area contributed by atoms with Gasteiger partial charge in [-0.1, -0.05) is 29.8 Å². The molecule has 0 radical (unpaired) electrons. The van der Waals surface area contributed by atoms with E-state index in [2.05, 4.69) is 26.6 Å². The summed E-state index contributed by atoms with van der Waals surface area (Å²) in [6.45, 7) is 3.81. The molecule has 0 spiro atoms. The van der Waals surface area contributed by atoms with Gasteiger partial charge in [-0.2, -0.15) is 0 Å². The number of amides is 2. The number of hydrogen-bond acceptors (Lipinski definition) is 2. The molecule has 5 nitrogen and oxygen atoms in total. The number of carboxylic acids is 1. The Kier molecular flexibility index (Phi) is 5.82. The van der Waals surface area contributed by atoms with Crippen LogP contribution in [0.15, 0.2) is 28.7 Å². The van der Waals surface area contributed by atoms with Crippen LogP contribution < -0.4 is 10.6 Å². The monoisotopic (exact) mass is 328 g/mol. The Morgan fingerprint density at radius 2 is 1.84 bits per heavy atom. The van der Waals surface area contributed by atoms with E-state index >= 15 is 0 Å². The highest BCUT2D eigenvalue weighted by molar-refractivity contribution is 9.10. The first-order valence-electron chi connectivity index (χ1n) is 5.94. The Balaban J connectivity index is 2.57. The molecule has 0 fully saturated rings. The Morgan fingerprint density at radius 1 is 1.26 bits per heavy atom. The van der Waals surface area contributed by atoms with E-state index in [1.807, 2.05) is 13.8 Å². The van der Waals surface area contributed by atoms with Crippen LogP contribution in [0, 0.1) is 5.92 Å². The topological polar surface area (TPSA) is 78.4 Å². The lowest BCUT2D eigenvalue weighted by molar-refractivity contribution is -0.139. The van der Waals surface area contributed by atoms with Gasteiger partial charge in [0.15, 0.2) is 0 Å². The summed E-state index contributed by atoms with van der Waals surface area (Å²) in [5, 5.41) is 14.1. The van der Waals surface area contributed by atoms with Crippen molar-refractivity contribution in [3.63, 3.8) is 0 Å². The van der Waals surface area contributed by atoms with Crippen LogP contribution >= 0.6 is 15.9 Å². The molecule has 1 aromatic carbocycles. The van der Waals surface area contributed by atoms with Crippen molar-refractivity contribution in [2.45, 2.75) is 26.3 Å². The Bertz CT molecular complexity index is 446. The van der Waals surface area contributed by atoms with Gasteiger partial charge in [-0.05, 0) is 36.6 Å². The largest absolute Gasteiger partial charge is 0.480 e. The molecule has 0 heterocycles. The van der Waals surface area contributed by atoms with Gasteiger partial charge in [-0.25, -0.2) is 9.59 Å². The maximum Gasteiger partial charge on any atom is 0.326 e. The summed E-state index contributed by atoms with van der Waals surface area (Å²) >= 11 is 3.29. The number of urea groups is 1. The lowest BCUT2D eigenvalue weighted by Crippen LogP contribution is -2.43. The third-order valence-corrected chi connectivity index (χ3v) is 2.94. The second-order valence-corrected chi connectivity index (χ2v) is 5.54. The van der Waals surface area contributed by atoms with Gasteiger partial charge in [0, 0.05) is 10.2 Å². The predicted molar refractivity (Wildman–Crippen MR) is 77.2 cm³/mol. The zero-order chi connectivity index (χ0) is 14.4. The third-order valence-electron chi connectivity index (χ3n) is 2.41. The first-order chi connectivity index (χ1) is 8.88. The second-order valence-electron chi connectivity index (χ2n) is 4.63. The summed E-state index contributed by atoms with van der Waals surface area (Å²) in [4.78, 5) is 22.7. The van der Waals surface area contributed by atoms with Crippen LogP contribution in [0.4, 0.5) is 10.5 Å². The standard InChI is InChI=1S/C13H17BrN2O3/c1-8(2)7-11(12(17)18)16-13(19)15-10-5-3-9(14)4-6-10/h3-6,8,11H,7H2,1-2H3,(H,17,18)(H2,15,16,19). The number of carbonyl (C=O) groups excluding carboxylic acids is 1. The van der Waals surface area contributed by atoms with Gasteiger partial charge in [0.05, 0.1) is 0 Å². The van der Waals surface area contributed by atoms with Gasteiger partial charge in [-0.15, -0.1) is 0 Å². The molecular weight excluding hydrogens is 312 g/mol. The predicted octanol–water partition coefficient (Wildman–Crippen LogP) is 3.07. The van der Waals surface area contributed by atoms with E-state index in [9.17, 15) is 9.59 Å². The Morgan fingerprint density at radius 3 is 2.32 bits per heavy atom. The van der Waals surface area contributed by atoms with E-state index in [0.717, 1.165) is 4.47 Å². The number of anilines is 1. The van der Waals surface area contributed by atoms with Gasteiger partial charge in [0.25, 0.3) is 0 Å². The minimum Gasteiger partial charge on any atom is -0.480 e. The summed E-state index contributed by atoms with van der Waals surface area (Å²) in [5.74, 6) is -0.839. The average molecular weight is 329 g/mol. The molecule has 3 N–H and O–H groups in total. The van der Waals surface area contributed by atoms with E-state index in [-0.39, 0.29) is 5.92 Å². The van der Waals surface area contributed by atoms with E-state index in [1.54, 1.807) is 24.3 Å². The SMILES string of the molecule is CC(C)CC(NC(=O)Nc1ccc(Br)cc1)C(=O)O. The molecule has 104 valence electrons. The number of halogens is 1. The van der Waals surface area contributed by atoms with E-state index in [4.69, 9.17) is 5.11 Å². The second kappa shape index (κ2) is 7.13. The van der Waals surface area contributed by atoms with E-state index in [0.29, 0.717) is 12.1 Å². The highest BCUT2D eigenvalue weighted by Crippen LogP contribution is 2.14. The minimum absolute atomic E-state index is 0.189. The molecule has 0 aliphatic carbocycles. The highest BCUT2D eigenvalue weighted by Gasteiger charge is 2.20. The van der Waals surface area contributed by atoms with Crippen LogP contribution in [-0.4, -0.2) is 23.1 Å². The normalized spacial score (nSPS) is 12.0. The first-order valence-corrected chi connectivity index (χ1v) is 6.73. The van der Waals surface area contributed by atoms with Crippen LogP contribution in [0.5, 0.6) is 0 Å². The molecule has 1 aromatic rings. The smallest absolute Gasteiger partial charge is 0.326 e. The van der Waals surface area contributed by atoms with Crippen molar-refractivity contribution >= 4 is 33.6 Å². The fraction of sp³-hybridized carbons (Fsp3) is 0.385. The number of nitrogens with one attached hydrogen (secondary N) is 2. The van der Waals surface area contributed by atoms with Gasteiger partial charge in [0.1, 0.15) is 6.04 Å². The van der Waals surface area contributed by atoms with Crippen LogP contribution in [0.3, 0.4) is 0 Å². The summed E-state index contributed by atoms with van der Waals surface area (Å²) in [6.07, 6.45) is 0.392. The molecule has 0 saturated heterocycles. The van der Waals surface area contributed by atoms with Crippen molar-refractivity contribution in [3.05, 3.63) is 28.7 Å². The first kappa shape index (κ1) is 15.5. The molecule has 6 heteroatoms. The summed E-state index contributed by atoms with van der Waals surface area (Å²) in [6, 6.07) is 5.63. The number of carbonyl (C=O) groups is 2. The number of aliphatic carboxylic acids is 1. The van der Waals surface area contributed by atoms with Crippen LogP contribution in [0.1, 0.15) is 20.3 Å². The van der Waals surface area contributed by atoms with Crippen molar-refractivity contribution in [2.24, 2.45) is 5.92 Å². The lowest BCUT2D eigenvalue weighted by Gasteiger charge is -2.16. The molecule has 0 aliphatic rings. The number of rotatable bonds is 5. The molecular formula is C13H17BrN2O3. The van der Waals surface area contributed by atoms with Crippen LogP contribution in [0.25, 0.3) is 0 Å². The lowest BCUT2D eigenvalue weighted by atomic mass is 10.0. The molecule has 0 aliphatic heterocycles. The van der Waals surface area contributed by atoms with E-state index < -0.39 is 18.0 Å². The maximum absolute atomic E-state index is 11.7. The van der Waals surface area contributed by atoms with Crippen molar-refractivity contribution < 1.29 is 14.7 Å².